The van der Waals surface area contributed by atoms with E-state index in [1.54, 1.807) is 0 Å². The van der Waals surface area contributed by atoms with Gasteiger partial charge in [0.2, 0.25) is 5.89 Å². The van der Waals surface area contributed by atoms with Crippen molar-refractivity contribution in [1.82, 2.24) is 15.2 Å². The van der Waals surface area contributed by atoms with Gasteiger partial charge >= 0.3 is 5.97 Å². The lowest BCUT2D eigenvalue weighted by Crippen LogP contribution is -2.13. The fraction of sp³-hybridized carbons (Fsp3) is 0.250. The number of hydrogen-bond acceptors (Lipinski definition) is 6. The Morgan fingerprint density at radius 2 is 1.77 bits per heavy atom. The minimum Gasteiger partial charge on any atom is -0.452 e. The Morgan fingerprint density at radius 3 is 2.53 bits per heavy atom. The second kappa shape index (κ2) is 8.86. The van der Waals surface area contributed by atoms with Crippen molar-refractivity contribution >= 4 is 16.9 Å². The molecule has 4 aromatic rings. The van der Waals surface area contributed by atoms with E-state index in [0.29, 0.717) is 17.9 Å². The zero-order valence-corrected chi connectivity index (χ0v) is 17.1. The van der Waals surface area contributed by atoms with E-state index in [4.69, 9.17) is 14.1 Å². The van der Waals surface area contributed by atoms with Gasteiger partial charge in [0.25, 0.3) is 5.89 Å². The highest BCUT2D eigenvalue weighted by Gasteiger charge is 2.21. The maximum atomic E-state index is 13.1. The van der Waals surface area contributed by atoms with Crippen LogP contribution in [-0.4, -0.2) is 21.2 Å². The van der Waals surface area contributed by atoms with Crippen molar-refractivity contribution in [3.8, 4) is 11.5 Å². The molecular weight excluding hydrogens is 378 g/mol. The van der Waals surface area contributed by atoms with E-state index in [1.165, 1.54) is 0 Å². The number of aryl methyl sites for hydroxylation is 1. The third kappa shape index (κ3) is 3.94. The molecule has 2 aromatic carbocycles. The van der Waals surface area contributed by atoms with Crippen LogP contribution in [0.1, 0.15) is 47.8 Å². The summed E-state index contributed by atoms with van der Waals surface area (Å²) in [6, 6.07) is 17.1. The zero-order valence-electron chi connectivity index (χ0n) is 17.1. The van der Waals surface area contributed by atoms with Gasteiger partial charge in [0.1, 0.15) is 0 Å². The average molecular weight is 401 g/mol. The molecule has 0 unspecified atom stereocenters. The summed E-state index contributed by atoms with van der Waals surface area (Å²) in [4.78, 5) is 17.9. The number of pyridine rings is 1. The van der Waals surface area contributed by atoms with Crippen molar-refractivity contribution < 1.29 is 13.9 Å². The lowest BCUT2D eigenvalue weighted by atomic mass is 9.96. The Morgan fingerprint density at radius 1 is 1.00 bits per heavy atom. The minimum atomic E-state index is -0.401. The predicted octanol–water partition coefficient (Wildman–Crippen LogP) is 5.16. The lowest BCUT2D eigenvalue weighted by Gasteiger charge is -2.15. The van der Waals surface area contributed by atoms with E-state index in [0.717, 1.165) is 40.6 Å². The molecule has 6 heteroatoms. The quantitative estimate of drug-likeness (QED) is 0.398. The molecule has 30 heavy (non-hydrogen) atoms. The monoisotopic (exact) mass is 401 g/mol. The second-order valence-electron chi connectivity index (χ2n) is 6.98. The van der Waals surface area contributed by atoms with Crippen LogP contribution in [0.2, 0.25) is 0 Å². The normalized spacial score (nSPS) is 11.0. The van der Waals surface area contributed by atoms with E-state index in [2.05, 4.69) is 17.1 Å². The Hall–Kier alpha value is -3.54. The number of hydrogen-bond donors (Lipinski definition) is 0. The van der Waals surface area contributed by atoms with Gasteiger partial charge in [-0.15, -0.1) is 10.2 Å². The molecule has 0 spiro atoms. The first-order valence-electron chi connectivity index (χ1n) is 10.2. The van der Waals surface area contributed by atoms with Gasteiger partial charge in [0.15, 0.2) is 6.61 Å². The first-order valence-corrected chi connectivity index (χ1v) is 10.2. The Labute approximate surface area is 174 Å². The van der Waals surface area contributed by atoms with Crippen LogP contribution in [0.3, 0.4) is 0 Å². The largest absolute Gasteiger partial charge is 0.452 e. The second-order valence-corrected chi connectivity index (χ2v) is 6.98. The van der Waals surface area contributed by atoms with E-state index in [9.17, 15) is 4.79 Å². The van der Waals surface area contributed by atoms with E-state index >= 15 is 0 Å². The molecule has 4 rings (SSSR count). The molecule has 0 atom stereocenters. The van der Waals surface area contributed by atoms with Gasteiger partial charge in [-0.2, -0.15) is 0 Å². The number of aromatic nitrogens is 3. The summed E-state index contributed by atoms with van der Waals surface area (Å²) < 4.78 is 11.2. The summed E-state index contributed by atoms with van der Waals surface area (Å²) in [6.07, 6.45) is 2.48. The van der Waals surface area contributed by atoms with Gasteiger partial charge < -0.3 is 9.15 Å². The van der Waals surface area contributed by atoms with Gasteiger partial charge in [0, 0.05) is 16.6 Å². The number of carbonyl (C=O) groups is 1. The smallest absolute Gasteiger partial charge is 0.339 e. The van der Waals surface area contributed by atoms with Crippen LogP contribution in [0.25, 0.3) is 22.4 Å². The molecule has 0 aliphatic heterocycles. The Balaban J connectivity index is 1.61. The molecule has 0 radical (unpaired) electrons. The molecule has 0 saturated carbocycles. The Bertz CT molecular complexity index is 1170. The van der Waals surface area contributed by atoms with Crippen LogP contribution in [0.4, 0.5) is 0 Å². The van der Waals surface area contributed by atoms with Crippen LogP contribution in [-0.2, 0) is 24.2 Å². The average Bonchev–Trinajstić information content (AvgIpc) is 3.26. The van der Waals surface area contributed by atoms with Crippen molar-refractivity contribution in [2.45, 2.75) is 39.7 Å². The fourth-order valence-electron chi connectivity index (χ4n) is 3.57. The number of fused-ring (bicyclic) bond motifs is 1. The molecule has 2 aromatic heterocycles. The summed E-state index contributed by atoms with van der Waals surface area (Å²) in [7, 11) is 0. The van der Waals surface area contributed by atoms with Crippen LogP contribution in [0.15, 0.2) is 59.0 Å². The van der Waals surface area contributed by atoms with Gasteiger partial charge in [0.05, 0.1) is 11.1 Å². The Kier molecular flexibility index (Phi) is 5.84. The van der Waals surface area contributed by atoms with Gasteiger partial charge in [-0.25, -0.2) is 4.79 Å². The molecule has 0 aliphatic carbocycles. The van der Waals surface area contributed by atoms with Crippen LogP contribution >= 0.6 is 0 Å². The zero-order chi connectivity index (χ0) is 20.9. The first kappa shape index (κ1) is 19.8. The summed E-state index contributed by atoms with van der Waals surface area (Å²) in [5, 5.41) is 8.85. The summed E-state index contributed by atoms with van der Waals surface area (Å²) >= 11 is 0. The van der Waals surface area contributed by atoms with Crippen LogP contribution < -0.4 is 0 Å². The van der Waals surface area contributed by atoms with E-state index in [1.807, 2.05) is 61.5 Å². The van der Waals surface area contributed by atoms with Crippen molar-refractivity contribution in [2.24, 2.45) is 0 Å². The number of rotatable bonds is 7. The molecule has 0 fully saturated rings. The highest BCUT2D eigenvalue weighted by molar-refractivity contribution is 6.05. The van der Waals surface area contributed by atoms with Gasteiger partial charge in [-0.3, -0.25) is 4.98 Å². The number of para-hydroxylation sites is 1. The van der Waals surface area contributed by atoms with Crippen molar-refractivity contribution in [1.29, 1.82) is 0 Å². The molecule has 0 N–H and O–H groups in total. The van der Waals surface area contributed by atoms with E-state index < -0.39 is 5.97 Å². The summed E-state index contributed by atoms with van der Waals surface area (Å²) in [5.74, 6) is 0.255. The topological polar surface area (TPSA) is 78.1 Å². The van der Waals surface area contributed by atoms with E-state index in [-0.39, 0.29) is 12.5 Å². The number of ether oxygens (including phenoxy) is 1. The van der Waals surface area contributed by atoms with Crippen molar-refractivity contribution in [3.63, 3.8) is 0 Å². The molecule has 0 bridgehead atoms. The SMILES string of the molecule is CCCc1nc2ccccc2c(C(=O)OCc2nnc(-c3ccccc3)o2)c1CC. The third-order valence-electron chi connectivity index (χ3n) is 4.94. The highest BCUT2D eigenvalue weighted by Crippen LogP contribution is 2.26. The molecule has 0 saturated heterocycles. The van der Waals surface area contributed by atoms with Gasteiger partial charge in [-0.1, -0.05) is 56.7 Å². The molecule has 152 valence electrons. The fourth-order valence-corrected chi connectivity index (χ4v) is 3.57. The molecule has 2 heterocycles. The predicted molar refractivity (Wildman–Crippen MR) is 114 cm³/mol. The molecule has 0 aliphatic rings. The number of benzene rings is 2. The van der Waals surface area contributed by atoms with Crippen LogP contribution in [0, 0.1) is 0 Å². The molecular formula is C24H23N3O3. The lowest BCUT2D eigenvalue weighted by molar-refractivity contribution is 0.0439. The number of carbonyl (C=O) groups excluding carboxylic acids is 1. The van der Waals surface area contributed by atoms with Crippen LogP contribution in [0.5, 0.6) is 0 Å². The summed E-state index contributed by atoms with van der Waals surface area (Å²) in [5.41, 5.74) is 4.09. The maximum absolute atomic E-state index is 13.1. The number of nitrogens with zero attached hydrogens (tertiary/aromatic N) is 3. The minimum absolute atomic E-state index is 0.0818. The van der Waals surface area contributed by atoms with Crippen molar-refractivity contribution in [2.75, 3.05) is 0 Å². The third-order valence-corrected chi connectivity index (χ3v) is 4.94. The standard InChI is InChI=1S/C24H23N3O3/c1-3-10-19-17(4-2)22(18-13-8-9-14-20(18)25-19)24(28)29-15-21-26-27-23(30-21)16-11-6-5-7-12-16/h5-9,11-14H,3-4,10,15H2,1-2H3. The van der Waals surface area contributed by atoms with Crippen molar-refractivity contribution in [3.05, 3.63) is 77.3 Å². The number of esters is 1. The van der Waals surface area contributed by atoms with Gasteiger partial charge in [-0.05, 0) is 36.6 Å². The molecule has 0 amide bonds. The first-order chi connectivity index (χ1) is 14.7. The highest BCUT2D eigenvalue weighted by atomic mass is 16.5. The molecule has 6 nitrogen and oxygen atoms in total. The maximum Gasteiger partial charge on any atom is 0.339 e. The summed E-state index contributed by atoms with van der Waals surface area (Å²) in [6.45, 7) is 4.06.